The first kappa shape index (κ1) is 69.2. The Morgan fingerprint density at radius 1 is 0.511 bits per heavy atom. The highest BCUT2D eigenvalue weighted by atomic mass is 19.4. The highest BCUT2D eigenvalue weighted by Crippen LogP contribution is 2.47. The molecule has 0 spiro atoms. The Morgan fingerprint density at radius 3 is 1.40 bits per heavy atom. The number of esters is 2. The summed E-state index contributed by atoms with van der Waals surface area (Å²) in [4.78, 5) is 80.2. The van der Waals surface area contributed by atoms with Crippen LogP contribution in [0.2, 0.25) is 0 Å². The number of halogens is 6. The van der Waals surface area contributed by atoms with E-state index in [2.05, 4.69) is 10.6 Å². The van der Waals surface area contributed by atoms with E-state index in [9.17, 15) is 65.3 Å². The van der Waals surface area contributed by atoms with Crippen molar-refractivity contribution in [3.8, 4) is 22.6 Å². The van der Waals surface area contributed by atoms with E-state index < -0.39 is 103 Å². The quantitative estimate of drug-likeness (QED) is 0.0326. The summed E-state index contributed by atoms with van der Waals surface area (Å²) in [5.41, 5.74) is -5.27. The van der Waals surface area contributed by atoms with Gasteiger partial charge in [0.05, 0.1) is 44.5 Å². The number of rotatable bonds is 20. The molecular formula is C72H80F6N2O10. The molecule has 1 fully saturated rings. The van der Waals surface area contributed by atoms with Gasteiger partial charge in [0.2, 0.25) is 0 Å². The zero-order chi connectivity index (χ0) is 65.9. The van der Waals surface area contributed by atoms with Crippen LogP contribution >= 0.6 is 0 Å². The summed E-state index contributed by atoms with van der Waals surface area (Å²) in [7, 11) is 0. The van der Waals surface area contributed by atoms with Crippen LogP contribution in [0.1, 0.15) is 252 Å². The molecule has 0 aliphatic heterocycles. The van der Waals surface area contributed by atoms with Crippen molar-refractivity contribution in [1.82, 2.24) is 5.32 Å². The second kappa shape index (κ2) is 29.1. The summed E-state index contributed by atoms with van der Waals surface area (Å²) in [5.74, 6) is -6.17. The number of carboxylic acid groups (broad SMARTS) is 2. The Labute approximate surface area is 522 Å². The average Bonchev–Trinajstić information content (AvgIpc) is 0.839. The lowest BCUT2D eigenvalue weighted by Crippen LogP contribution is -2.45. The fourth-order valence-corrected chi connectivity index (χ4v) is 12.2. The summed E-state index contributed by atoms with van der Waals surface area (Å²) in [6.07, 6.45) is 4.62. The topological polar surface area (TPSA) is 185 Å². The van der Waals surface area contributed by atoms with E-state index in [0.29, 0.717) is 42.0 Å². The number of ether oxygens (including phenoxy) is 2. The summed E-state index contributed by atoms with van der Waals surface area (Å²) >= 11 is 0. The van der Waals surface area contributed by atoms with Gasteiger partial charge in [0.25, 0.3) is 11.8 Å². The van der Waals surface area contributed by atoms with Gasteiger partial charge in [0, 0.05) is 16.6 Å². The summed E-state index contributed by atoms with van der Waals surface area (Å²) in [6.45, 7) is 14.9. The number of anilines is 1. The number of alkyl halides is 6. The number of unbranched alkanes of at least 4 members (excludes halogenated alkanes) is 1. The van der Waals surface area contributed by atoms with Gasteiger partial charge in [-0.3, -0.25) is 9.59 Å². The molecule has 0 unspecified atom stereocenters. The SMILES string of the molecule is CCCCC(C)(C)c1ccc(-c2ccc(NC(=O)c3cc(C(=O)Oc4ccc(C5(c6ccc(OC(=O)c7ccc(C(=O)O)c(C(=O)N[C@](C)(CC)CCC)c7)c(C)c6)CCCCCCCCCCC5)cc4C)ccc3C(=O)O)cc2C(F)(F)F)c(C(F)(F)F)c1. The van der Waals surface area contributed by atoms with Gasteiger partial charge in [-0.25, -0.2) is 19.2 Å². The fourth-order valence-electron chi connectivity index (χ4n) is 12.2. The molecule has 1 atom stereocenters. The lowest BCUT2D eigenvalue weighted by atomic mass is 9.67. The number of benzene rings is 6. The number of aromatic carboxylic acids is 2. The summed E-state index contributed by atoms with van der Waals surface area (Å²) < 4.78 is 101. The number of carbonyl (C=O) groups is 6. The molecular weight excluding hydrogens is 1170 g/mol. The standard InChI is InChI=1S/C72H80F6N2O10/c1-9-12-35-68(6,7)48-24-30-52(58(42-48)71(73,74)75)53-31-27-51(43-59(53)72(76,77)78)79-62(81)56-40-46(22-28-54(56)64(83)84)66(87)89-60-32-25-49(38-44(60)4)70(36-20-18-16-14-13-15-17-19-21-37-70)50-26-33-61(45(5)39-50)90-67(88)47-23-29-55(65(85)86)57(41-47)63(82)80-69(8,11-3)34-10-2/h22-33,38-43H,9-21,34-37H2,1-8H3,(H,79,81)(H,80,82)(H,83,84)(H,85,86)/t69-/m1/s1. The molecule has 6 aromatic rings. The zero-order valence-corrected chi connectivity index (χ0v) is 52.3. The van der Waals surface area contributed by atoms with Crippen LogP contribution in [0, 0.1) is 13.8 Å². The smallest absolute Gasteiger partial charge is 0.417 e. The second-order valence-electron chi connectivity index (χ2n) is 24.7. The maximum Gasteiger partial charge on any atom is 0.417 e. The Bertz CT molecular complexity index is 3630. The monoisotopic (exact) mass is 1250 g/mol. The van der Waals surface area contributed by atoms with Crippen molar-refractivity contribution in [2.45, 2.75) is 193 Å². The first-order chi connectivity index (χ1) is 42.4. The Morgan fingerprint density at radius 2 is 0.967 bits per heavy atom. The number of carbonyl (C=O) groups excluding carboxylic acids is 4. The lowest BCUT2D eigenvalue weighted by Gasteiger charge is -2.37. The van der Waals surface area contributed by atoms with Crippen LogP contribution in [-0.4, -0.2) is 51.4 Å². The number of amides is 2. The first-order valence-electron chi connectivity index (χ1n) is 30.9. The fraction of sp³-hybridized carbons (Fsp3) is 0.417. The van der Waals surface area contributed by atoms with E-state index in [4.69, 9.17) is 9.47 Å². The van der Waals surface area contributed by atoms with Crippen LogP contribution in [0.3, 0.4) is 0 Å². The second-order valence-corrected chi connectivity index (χ2v) is 24.7. The Kier molecular flexibility index (Phi) is 22.4. The van der Waals surface area contributed by atoms with Gasteiger partial charge in [-0.1, -0.05) is 154 Å². The van der Waals surface area contributed by atoms with Gasteiger partial charge in [-0.05, 0) is 164 Å². The molecule has 90 heavy (non-hydrogen) atoms. The Hall–Kier alpha value is -8.28. The van der Waals surface area contributed by atoms with Gasteiger partial charge in [0.1, 0.15) is 11.5 Å². The van der Waals surface area contributed by atoms with Crippen molar-refractivity contribution in [1.29, 1.82) is 0 Å². The van der Waals surface area contributed by atoms with Crippen LogP contribution in [0.25, 0.3) is 11.1 Å². The molecule has 1 aliphatic rings. The van der Waals surface area contributed by atoms with Crippen LogP contribution in [0.4, 0.5) is 32.0 Å². The van der Waals surface area contributed by atoms with E-state index in [-0.39, 0.29) is 33.8 Å². The predicted molar refractivity (Wildman–Crippen MR) is 334 cm³/mol. The molecule has 4 N–H and O–H groups in total. The zero-order valence-electron chi connectivity index (χ0n) is 52.3. The molecule has 2 amide bonds. The van der Waals surface area contributed by atoms with Crippen molar-refractivity contribution >= 4 is 41.4 Å². The molecule has 0 radical (unpaired) electrons. The third-order valence-corrected chi connectivity index (χ3v) is 17.7. The molecule has 18 heteroatoms. The highest BCUT2D eigenvalue weighted by Gasteiger charge is 2.41. The van der Waals surface area contributed by atoms with Crippen LogP contribution in [0.5, 0.6) is 11.5 Å². The minimum absolute atomic E-state index is 0.0156. The van der Waals surface area contributed by atoms with Gasteiger partial charge in [-0.15, -0.1) is 0 Å². The molecule has 7 rings (SSSR count). The molecule has 1 aliphatic carbocycles. The molecule has 0 bridgehead atoms. The van der Waals surface area contributed by atoms with E-state index >= 15 is 0 Å². The Balaban J connectivity index is 1.16. The molecule has 1 saturated carbocycles. The molecule has 480 valence electrons. The van der Waals surface area contributed by atoms with Gasteiger partial charge in [-0.2, -0.15) is 26.3 Å². The molecule has 12 nitrogen and oxygen atoms in total. The van der Waals surface area contributed by atoms with Gasteiger partial charge >= 0.3 is 36.2 Å². The van der Waals surface area contributed by atoms with E-state index in [0.717, 1.165) is 137 Å². The largest absolute Gasteiger partial charge is 0.478 e. The minimum Gasteiger partial charge on any atom is -0.478 e. The minimum atomic E-state index is -5.22. The van der Waals surface area contributed by atoms with E-state index in [1.807, 2.05) is 58.9 Å². The van der Waals surface area contributed by atoms with Crippen molar-refractivity contribution in [2.75, 3.05) is 5.32 Å². The average molecular weight is 1250 g/mol. The summed E-state index contributed by atoms with van der Waals surface area (Å²) in [6, 6.07) is 23.5. The van der Waals surface area contributed by atoms with Crippen LogP contribution in [0.15, 0.2) is 109 Å². The summed E-state index contributed by atoms with van der Waals surface area (Å²) in [5, 5.41) is 25.4. The maximum absolute atomic E-state index is 14.9. The van der Waals surface area contributed by atoms with Gasteiger partial charge < -0.3 is 30.3 Å². The van der Waals surface area contributed by atoms with Crippen LogP contribution in [-0.2, 0) is 23.2 Å². The molecule has 0 aromatic heterocycles. The highest BCUT2D eigenvalue weighted by molar-refractivity contribution is 6.12. The lowest BCUT2D eigenvalue weighted by molar-refractivity contribution is -0.139. The van der Waals surface area contributed by atoms with Crippen molar-refractivity contribution in [2.24, 2.45) is 0 Å². The van der Waals surface area contributed by atoms with E-state index in [1.165, 1.54) is 30.7 Å². The molecule has 6 aromatic carbocycles. The van der Waals surface area contributed by atoms with Gasteiger partial charge in [0.15, 0.2) is 0 Å². The molecule has 0 heterocycles. The molecule has 0 saturated heterocycles. The third-order valence-electron chi connectivity index (χ3n) is 17.7. The van der Waals surface area contributed by atoms with Crippen LogP contribution < -0.4 is 20.1 Å². The third kappa shape index (κ3) is 16.6. The number of nitrogens with one attached hydrogen (secondary N) is 2. The number of hydrogen-bond acceptors (Lipinski definition) is 8. The van der Waals surface area contributed by atoms with E-state index in [1.54, 1.807) is 32.9 Å². The van der Waals surface area contributed by atoms with Crippen molar-refractivity contribution in [3.05, 3.63) is 182 Å². The number of hydrogen-bond donors (Lipinski definition) is 4. The van der Waals surface area contributed by atoms with Crippen molar-refractivity contribution < 1.29 is 74.8 Å². The first-order valence-corrected chi connectivity index (χ1v) is 30.9. The predicted octanol–water partition coefficient (Wildman–Crippen LogP) is 18.9. The van der Waals surface area contributed by atoms with Crippen molar-refractivity contribution in [3.63, 3.8) is 0 Å². The normalized spacial score (nSPS) is 14.9. The maximum atomic E-state index is 14.9. The number of aryl methyl sites for hydroxylation is 2. The number of carboxylic acids is 2.